The van der Waals surface area contributed by atoms with Gasteiger partial charge in [0.15, 0.2) is 0 Å². The third kappa shape index (κ3) is 30.5. The standard InChI is InChI=1S/C4H8O.2H3N.Na.H/c1-3-4(2)5;;;;/h3-5H,1H2,2H3;2*1H3;;. The van der Waals surface area contributed by atoms with E-state index in [1.165, 1.54) is 6.08 Å². The monoisotopic (exact) mass is 130 g/mol. The molecule has 8 heavy (non-hydrogen) atoms. The van der Waals surface area contributed by atoms with E-state index in [0.29, 0.717) is 0 Å². The van der Waals surface area contributed by atoms with Gasteiger partial charge in [0.25, 0.3) is 0 Å². The molecule has 0 aromatic heterocycles. The van der Waals surface area contributed by atoms with Crippen LogP contribution in [0.3, 0.4) is 0 Å². The predicted octanol–water partition coefficient (Wildman–Crippen LogP) is 0.229. The fraction of sp³-hybridized carbons (Fsp3) is 0.500. The minimum absolute atomic E-state index is 0. The molecule has 0 aliphatic carbocycles. The summed E-state index contributed by atoms with van der Waals surface area (Å²) in [7, 11) is 0. The average Bonchev–Trinajstić information content (AvgIpc) is 1.38. The van der Waals surface area contributed by atoms with Crippen LogP contribution in [0.4, 0.5) is 0 Å². The van der Waals surface area contributed by atoms with Gasteiger partial charge in [0.2, 0.25) is 0 Å². The van der Waals surface area contributed by atoms with Crippen LogP contribution in [-0.2, 0) is 0 Å². The summed E-state index contributed by atoms with van der Waals surface area (Å²) < 4.78 is 0. The Bertz CT molecular complexity index is 41.0. The average molecular weight is 130 g/mol. The SMILES string of the molecule is C=CC(C)O.N.N.[NaH]. The Morgan fingerprint density at radius 3 is 1.62 bits per heavy atom. The topological polar surface area (TPSA) is 90.2 Å². The van der Waals surface area contributed by atoms with Gasteiger partial charge in [-0.25, -0.2) is 0 Å². The maximum atomic E-state index is 8.24. The van der Waals surface area contributed by atoms with Gasteiger partial charge in [-0.1, -0.05) is 6.08 Å². The van der Waals surface area contributed by atoms with Crippen LogP contribution in [0.1, 0.15) is 6.92 Å². The van der Waals surface area contributed by atoms with Crippen LogP contribution in [-0.4, -0.2) is 40.8 Å². The van der Waals surface area contributed by atoms with Gasteiger partial charge in [0, 0.05) is 0 Å². The van der Waals surface area contributed by atoms with E-state index in [1.807, 2.05) is 0 Å². The van der Waals surface area contributed by atoms with E-state index in [0.717, 1.165) is 0 Å². The third-order valence-corrected chi connectivity index (χ3v) is 0.341. The molecule has 0 spiro atoms. The normalized spacial score (nSPS) is 8.75. The van der Waals surface area contributed by atoms with Gasteiger partial charge in [-0.2, -0.15) is 0 Å². The van der Waals surface area contributed by atoms with Crippen LogP contribution in [0.15, 0.2) is 12.7 Å². The van der Waals surface area contributed by atoms with Gasteiger partial charge in [-0.05, 0) is 6.92 Å². The Kier molecular flexibility index (Phi) is 45.9. The molecule has 0 saturated carbocycles. The van der Waals surface area contributed by atoms with Crippen molar-refractivity contribution in [3.8, 4) is 0 Å². The first-order chi connectivity index (χ1) is 2.27. The summed E-state index contributed by atoms with van der Waals surface area (Å²) in [5, 5.41) is 8.24. The van der Waals surface area contributed by atoms with Crippen molar-refractivity contribution in [3.05, 3.63) is 12.7 Å². The van der Waals surface area contributed by atoms with Gasteiger partial charge >= 0.3 is 29.6 Å². The number of aliphatic hydroxyl groups is 1. The molecule has 0 bridgehead atoms. The molecule has 0 aromatic carbocycles. The molecule has 1 unspecified atom stereocenters. The predicted molar refractivity (Wildman–Crippen MR) is 39.1 cm³/mol. The number of rotatable bonds is 1. The maximum absolute atomic E-state index is 8.24. The summed E-state index contributed by atoms with van der Waals surface area (Å²) >= 11 is 0. The molecule has 4 heteroatoms. The molecule has 1 atom stereocenters. The number of aliphatic hydroxyl groups excluding tert-OH is 1. The molecule has 0 aromatic rings. The molecule has 0 aliphatic heterocycles. The molecule has 0 aliphatic rings. The second-order valence-electron chi connectivity index (χ2n) is 0.976. The molecule has 0 rings (SSSR count). The Labute approximate surface area is 72.6 Å². The summed E-state index contributed by atoms with van der Waals surface area (Å²) in [6, 6.07) is 0. The molecule has 0 radical (unpaired) electrons. The molecule has 48 valence electrons. The van der Waals surface area contributed by atoms with Crippen LogP contribution in [0.5, 0.6) is 0 Å². The summed E-state index contributed by atoms with van der Waals surface area (Å²) in [4.78, 5) is 0. The molecule has 0 heterocycles. The molecule has 3 nitrogen and oxygen atoms in total. The molecule has 0 amide bonds. The zero-order chi connectivity index (χ0) is 4.28. The molecule has 0 saturated heterocycles. The van der Waals surface area contributed by atoms with Gasteiger partial charge in [0.1, 0.15) is 0 Å². The molecule has 7 N–H and O–H groups in total. The van der Waals surface area contributed by atoms with Crippen molar-refractivity contribution in [2.45, 2.75) is 13.0 Å². The fourth-order valence-corrected chi connectivity index (χ4v) is 0. The van der Waals surface area contributed by atoms with Crippen LogP contribution < -0.4 is 12.3 Å². The van der Waals surface area contributed by atoms with Crippen molar-refractivity contribution in [2.75, 3.05) is 0 Å². The Hall–Kier alpha value is 0.620. The summed E-state index contributed by atoms with van der Waals surface area (Å²) in [6.45, 7) is 4.97. The van der Waals surface area contributed by atoms with E-state index in [1.54, 1.807) is 6.92 Å². The van der Waals surface area contributed by atoms with Crippen molar-refractivity contribution in [3.63, 3.8) is 0 Å². The number of hydrogen-bond acceptors (Lipinski definition) is 3. The zero-order valence-corrected chi connectivity index (χ0v) is 4.72. The van der Waals surface area contributed by atoms with Crippen LogP contribution in [0.25, 0.3) is 0 Å². The third-order valence-electron chi connectivity index (χ3n) is 0.341. The van der Waals surface area contributed by atoms with E-state index >= 15 is 0 Å². The van der Waals surface area contributed by atoms with Crippen molar-refractivity contribution in [2.24, 2.45) is 0 Å². The van der Waals surface area contributed by atoms with Gasteiger partial charge in [0.05, 0.1) is 6.10 Å². The Balaban J connectivity index is -0.0000000267. The summed E-state index contributed by atoms with van der Waals surface area (Å²) in [5.74, 6) is 0. The fourth-order valence-electron chi connectivity index (χ4n) is 0. The van der Waals surface area contributed by atoms with Crippen molar-refractivity contribution in [1.82, 2.24) is 12.3 Å². The summed E-state index contributed by atoms with van der Waals surface area (Å²) in [5.41, 5.74) is 0. The van der Waals surface area contributed by atoms with E-state index in [9.17, 15) is 0 Å². The zero-order valence-electron chi connectivity index (χ0n) is 4.72. The quantitative estimate of drug-likeness (QED) is 0.350. The minimum atomic E-state index is -0.352. The first kappa shape index (κ1) is 23.4. The van der Waals surface area contributed by atoms with E-state index in [-0.39, 0.29) is 48.0 Å². The van der Waals surface area contributed by atoms with Crippen molar-refractivity contribution >= 4 is 29.6 Å². The second-order valence-corrected chi connectivity index (χ2v) is 0.976. The van der Waals surface area contributed by atoms with Gasteiger partial charge in [-0.3, -0.25) is 0 Å². The van der Waals surface area contributed by atoms with Gasteiger partial charge < -0.3 is 17.4 Å². The Morgan fingerprint density at radius 2 is 1.62 bits per heavy atom. The number of hydrogen-bond donors (Lipinski definition) is 3. The van der Waals surface area contributed by atoms with Crippen molar-refractivity contribution < 1.29 is 5.11 Å². The molecule has 0 fully saturated rings. The summed E-state index contributed by atoms with van der Waals surface area (Å²) in [6.07, 6.45) is 1.12. The van der Waals surface area contributed by atoms with Crippen LogP contribution in [0, 0.1) is 0 Å². The first-order valence-corrected chi connectivity index (χ1v) is 1.58. The second kappa shape index (κ2) is 15.6. The molecular weight excluding hydrogens is 115 g/mol. The molecular formula is C4H15N2NaO. The first-order valence-electron chi connectivity index (χ1n) is 1.58. The van der Waals surface area contributed by atoms with E-state index in [4.69, 9.17) is 5.11 Å². The van der Waals surface area contributed by atoms with Crippen LogP contribution in [0.2, 0.25) is 0 Å². The van der Waals surface area contributed by atoms with Gasteiger partial charge in [-0.15, -0.1) is 6.58 Å². The van der Waals surface area contributed by atoms with E-state index in [2.05, 4.69) is 6.58 Å². The van der Waals surface area contributed by atoms with Crippen LogP contribution >= 0.6 is 0 Å². The Morgan fingerprint density at radius 1 is 1.50 bits per heavy atom. The van der Waals surface area contributed by atoms with Crippen molar-refractivity contribution in [1.29, 1.82) is 0 Å². The van der Waals surface area contributed by atoms with E-state index < -0.39 is 0 Å².